The molecule has 0 spiro atoms. The quantitative estimate of drug-likeness (QED) is 0.538. The first kappa shape index (κ1) is 14.1. The van der Waals surface area contributed by atoms with E-state index < -0.39 is 0 Å². The summed E-state index contributed by atoms with van der Waals surface area (Å²) in [4.78, 5) is 15.6. The molecule has 0 saturated heterocycles. The highest BCUT2D eigenvalue weighted by atomic mass is 32.2. The van der Waals surface area contributed by atoms with Crippen molar-refractivity contribution in [2.75, 3.05) is 0 Å². The fourth-order valence-corrected chi connectivity index (χ4v) is 2.74. The molecule has 0 aliphatic rings. The van der Waals surface area contributed by atoms with Crippen molar-refractivity contribution < 1.29 is 4.42 Å². The maximum atomic E-state index is 5.80. The number of fused-ring (bicyclic) bond motifs is 1. The third kappa shape index (κ3) is 3.43. The van der Waals surface area contributed by atoms with Crippen molar-refractivity contribution in [2.24, 2.45) is 0 Å². The number of aromatic nitrogens is 4. The van der Waals surface area contributed by atoms with Crippen molar-refractivity contribution in [1.29, 1.82) is 0 Å². The normalized spacial score (nSPS) is 11.6. The van der Waals surface area contributed by atoms with Crippen LogP contribution in [0.4, 0.5) is 0 Å². The largest absolute Gasteiger partial charge is 0.464 e. The van der Waals surface area contributed by atoms with Gasteiger partial charge in [0, 0.05) is 6.04 Å². The van der Waals surface area contributed by atoms with Gasteiger partial charge in [0.2, 0.25) is 0 Å². The van der Waals surface area contributed by atoms with E-state index in [9.17, 15) is 0 Å². The summed E-state index contributed by atoms with van der Waals surface area (Å²) in [7, 11) is 0. The fourth-order valence-electron chi connectivity index (χ4n) is 1.89. The highest BCUT2D eigenvalue weighted by Crippen LogP contribution is 2.26. The minimum atomic E-state index is 0.447. The average Bonchev–Trinajstić information content (AvgIpc) is 3.12. The molecule has 0 fully saturated rings. The molecule has 110 valence electrons. The summed E-state index contributed by atoms with van der Waals surface area (Å²) >= 11 is 1.61. The summed E-state index contributed by atoms with van der Waals surface area (Å²) < 4.78 is 5.80. The third-order valence-corrected chi connectivity index (χ3v) is 3.95. The number of aromatic amines is 1. The Morgan fingerprint density at radius 3 is 2.95 bits per heavy atom. The van der Waals surface area contributed by atoms with Gasteiger partial charge in [0.25, 0.3) is 0 Å². The van der Waals surface area contributed by atoms with Gasteiger partial charge in [-0.05, 0) is 12.1 Å². The smallest absolute Gasteiger partial charge is 0.181 e. The van der Waals surface area contributed by atoms with Crippen LogP contribution in [-0.4, -0.2) is 26.0 Å². The summed E-state index contributed by atoms with van der Waals surface area (Å²) in [6, 6.07) is 4.47. The van der Waals surface area contributed by atoms with Crippen LogP contribution in [0.2, 0.25) is 0 Å². The van der Waals surface area contributed by atoms with Gasteiger partial charge in [0.05, 0.1) is 18.6 Å². The van der Waals surface area contributed by atoms with Crippen LogP contribution in [0.3, 0.4) is 0 Å². The van der Waals surface area contributed by atoms with Gasteiger partial charge in [-0.1, -0.05) is 25.6 Å². The SMILES string of the molecule is CC(C)NCc1ccc(CSc2ncnc3nc[nH]c23)o1. The van der Waals surface area contributed by atoms with Crippen molar-refractivity contribution in [3.05, 3.63) is 36.3 Å². The van der Waals surface area contributed by atoms with Gasteiger partial charge in [0.1, 0.15) is 28.4 Å². The van der Waals surface area contributed by atoms with E-state index in [0.29, 0.717) is 11.7 Å². The zero-order valence-corrected chi connectivity index (χ0v) is 12.8. The van der Waals surface area contributed by atoms with Crippen LogP contribution in [0, 0.1) is 0 Å². The molecule has 0 atom stereocenters. The van der Waals surface area contributed by atoms with Crippen LogP contribution >= 0.6 is 11.8 Å². The number of nitrogens with zero attached hydrogens (tertiary/aromatic N) is 3. The standard InChI is InChI=1S/C14H17N5OS/c1-9(2)15-5-10-3-4-11(20-10)6-21-14-12-13(17-7-16-12)18-8-19-14/h3-4,7-9,15H,5-6H2,1-2H3,(H,16,17,18,19). The molecule has 3 aromatic heterocycles. The monoisotopic (exact) mass is 303 g/mol. The van der Waals surface area contributed by atoms with Crippen LogP contribution in [0.5, 0.6) is 0 Å². The molecule has 0 unspecified atom stereocenters. The van der Waals surface area contributed by atoms with Crippen molar-refractivity contribution in [3.8, 4) is 0 Å². The number of thioether (sulfide) groups is 1. The molecule has 6 nitrogen and oxygen atoms in total. The van der Waals surface area contributed by atoms with E-state index in [4.69, 9.17) is 4.42 Å². The molecule has 7 heteroatoms. The molecule has 3 aromatic rings. The molecule has 0 aliphatic carbocycles. The molecule has 0 radical (unpaired) electrons. The van der Waals surface area contributed by atoms with E-state index in [1.54, 1.807) is 18.1 Å². The molecule has 0 amide bonds. The first-order valence-electron chi connectivity index (χ1n) is 6.80. The number of furan rings is 1. The fraction of sp³-hybridized carbons (Fsp3) is 0.357. The highest BCUT2D eigenvalue weighted by molar-refractivity contribution is 7.98. The van der Waals surface area contributed by atoms with Crippen molar-refractivity contribution >= 4 is 22.9 Å². The van der Waals surface area contributed by atoms with E-state index >= 15 is 0 Å². The Bertz CT molecular complexity index is 721. The average molecular weight is 303 g/mol. The third-order valence-electron chi connectivity index (χ3n) is 2.94. The maximum Gasteiger partial charge on any atom is 0.181 e. The minimum Gasteiger partial charge on any atom is -0.464 e. The van der Waals surface area contributed by atoms with E-state index in [-0.39, 0.29) is 0 Å². The van der Waals surface area contributed by atoms with Gasteiger partial charge < -0.3 is 14.7 Å². The molecule has 21 heavy (non-hydrogen) atoms. The lowest BCUT2D eigenvalue weighted by atomic mass is 10.3. The summed E-state index contributed by atoms with van der Waals surface area (Å²) in [5.41, 5.74) is 1.56. The van der Waals surface area contributed by atoms with Gasteiger partial charge in [0.15, 0.2) is 5.65 Å². The first-order chi connectivity index (χ1) is 10.2. The Balaban J connectivity index is 1.64. The zero-order chi connectivity index (χ0) is 14.7. The molecule has 3 rings (SSSR count). The van der Waals surface area contributed by atoms with E-state index in [0.717, 1.165) is 34.4 Å². The van der Waals surface area contributed by atoms with Crippen molar-refractivity contribution in [2.45, 2.75) is 37.2 Å². The van der Waals surface area contributed by atoms with Crippen LogP contribution in [-0.2, 0) is 12.3 Å². The lowest BCUT2D eigenvalue weighted by Crippen LogP contribution is -2.21. The first-order valence-corrected chi connectivity index (χ1v) is 7.79. The molecular formula is C14H17N5OS. The topological polar surface area (TPSA) is 79.6 Å². The van der Waals surface area contributed by atoms with Gasteiger partial charge in [-0.3, -0.25) is 0 Å². The molecule has 0 bridgehead atoms. The van der Waals surface area contributed by atoms with E-state index in [1.807, 2.05) is 12.1 Å². The number of nitrogens with one attached hydrogen (secondary N) is 2. The molecule has 2 N–H and O–H groups in total. The molecule has 0 aromatic carbocycles. The number of hydrogen-bond donors (Lipinski definition) is 2. The van der Waals surface area contributed by atoms with Gasteiger partial charge in [-0.2, -0.15) is 0 Å². The lowest BCUT2D eigenvalue weighted by Gasteiger charge is -2.05. The van der Waals surface area contributed by atoms with Crippen molar-refractivity contribution in [1.82, 2.24) is 25.3 Å². The van der Waals surface area contributed by atoms with Crippen LogP contribution in [0.25, 0.3) is 11.2 Å². The molecule has 3 heterocycles. The number of H-pyrrole nitrogens is 1. The van der Waals surface area contributed by atoms with Crippen LogP contribution < -0.4 is 5.32 Å². The van der Waals surface area contributed by atoms with Crippen LogP contribution in [0.15, 0.2) is 34.2 Å². The van der Waals surface area contributed by atoms with Gasteiger partial charge in [-0.15, -0.1) is 0 Å². The second-order valence-electron chi connectivity index (χ2n) is 4.97. The Labute approximate surface area is 126 Å². The Kier molecular flexibility index (Phi) is 4.21. The lowest BCUT2D eigenvalue weighted by molar-refractivity contribution is 0.445. The number of rotatable bonds is 6. The van der Waals surface area contributed by atoms with Gasteiger partial charge in [-0.25, -0.2) is 15.0 Å². The predicted molar refractivity (Wildman–Crippen MR) is 81.9 cm³/mol. The number of imidazole rings is 1. The number of hydrogen-bond acceptors (Lipinski definition) is 6. The Morgan fingerprint density at radius 2 is 2.10 bits per heavy atom. The second-order valence-corrected chi connectivity index (χ2v) is 5.94. The maximum absolute atomic E-state index is 5.80. The Hall–Kier alpha value is -1.86. The molecular weight excluding hydrogens is 286 g/mol. The minimum absolute atomic E-state index is 0.447. The van der Waals surface area contributed by atoms with Crippen molar-refractivity contribution in [3.63, 3.8) is 0 Å². The van der Waals surface area contributed by atoms with Crippen LogP contribution in [0.1, 0.15) is 25.4 Å². The summed E-state index contributed by atoms with van der Waals surface area (Å²) in [6.07, 6.45) is 3.16. The molecule has 0 saturated carbocycles. The van der Waals surface area contributed by atoms with Gasteiger partial charge >= 0.3 is 0 Å². The zero-order valence-electron chi connectivity index (χ0n) is 12.0. The highest BCUT2D eigenvalue weighted by Gasteiger charge is 2.08. The van der Waals surface area contributed by atoms with E-state index in [2.05, 4.69) is 39.1 Å². The second kappa shape index (κ2) is 6.28. The van der Waals surface area contributed by atoms with E-state index in [1.165, 1.54) is 6.33 Å². The molecule has 0 aliphatic heterocycles. The predicted octanol–water partition coefficient (Wildman–Crippen LogP) is 2.74. The summed E-state index contributed by atoms with van der Waals surface area (Å²) in [5, 5.41) is 4.22. The summed E-state index contributed by atoms with van der Waals surface area (Å²) in [5.74, 6) is 2.62. The Morgan fingerprint density at radius 1 is 1.24 bits per heavy atom. The summed E-state index contributed by atoms with van der Waals surface area (Å²) in [6.45, 7) is 4.98.